The van der Waals surface area contributed by atoms with Gasteiger partial charge in [0.1, 0.15) is 0 Å². The van der Waals surface area contributed by atoms with Crippen LogP contribution in [0.15, 0.2) is 6.07 Å². The van der Waals surface area contributed by atoms with Crippen LogP contribution in [0.25, 0.3) is 0 Å². The topological polar surface area (TPSA) is 27.1 Å². The Balaban J connectivity index is 2.58. The minimum atomic E-state index is -2.06. The standard InChI is InChI=1S/C10H19N2OSi.3CH3.Sn/c1-10-5-6-12(11-10)9-13-7-8-14(2,3)4;;;;/h5H,7-9H2,1-4H3;3*1H3;. The second-order valence-corrected chi connectivity index (χ2v) is 27.2. The Morgan fingerprint density at radius 1 is 1.28 bits per heavy atom. The van der Waals surface area contributed by atoms with E-state index in [0.717, 1.165) is 12.3 Å². The molecule has 0 radical (unpaired) electrons. The maximum atomic E-state index is 5.81. The third kappa shape index (κ3) is 5.44. The summed E-state index contributed by atoms with van der Waals surface area (Å²) in [7, 11) is -0.982. The Bertz CT molecular complexity index is 391. The molecule has 1 rings (SSSR count). The van der Waals surface area contributed by atoms with Crippen LogP contribution in [0.1, 0.15) is 5.69 Å². The van der Waals surface area contributed by atoms with Gasteiger partial charge in [-0.25, -0.2) is 0 Å². The summed E-state index contributed by atoms with van der Waals surface area (Å²) >= 11 is -2.06. The molecule has 0 aromatic carbocycles. The van der Waals surface area contributed by atoms with Gasteiger partial charge in [0.25, 0.3) is 0 Å². The van der Waals surface area contributed by atoms with Crippen LogP contribution in [0, 0.1) is 6.92 Å². The van der Waals surface area contributed by atoms with Crippen LogP contribution in [0.4, 0.5) is 0 Å². The van der Waals surface area contributed by atoms with Crippen molar-refractivity contribution in [2.24, 2.45) is 0 Å². The number of nitrogens with zero attached hydrogens (tertiary/aromatic N) is 2. The molecule has 0 aliphatic carbocycles. The van der Waals surface area contributed by atoms with Gasteiger partial charge in [-0.05, 0) is 0 Å². The van der Waals surface area contributed by atoms with Gasteiger partial charge in [0.05, 0.1) is 0 Å². The minimum absolute atomic E-state index is 0.627. The van der Waals surface area contributed by atoms with Crippen molar-refractivity contribution in [1.82, 2.24) is 9.78 Å². The Morgan fingerprint density at radius 2 is 1.89 bits per heavy atom. The van der Waals surface area contributed by atoms with E-state index < -0.39 is 26.5 Å². The molecule has 0 spiro atoms. The zero-order chi connectivity index (χ0) is 14.0. The SMILES string of the molecule is Cc1c[c]([Sn]([CH3])([CH3])[CH3])n(COCC[Si](C)(C)C)n1. The molecule has 0 atom stereocenters. The van der Waals surface area contributed by atoms with Crippen LogP contribution in [0.3, 0.4) is 0 Å². The van der Waals surface area contributed by atoms with Gasteiger partial charge in [0, 0.05) is 0 Å². The van der Waals surface area contributed by atoms with Crippen LogP contribution in [-0.2, 0) is 11.5 Å². The molecule has 0 amide bonds. The first-order chi connectivity index (χ1) is 8.09. The third-order valence-electron chi connectivity index (χ3n) is 2.88. The molecule has 3 nitrogen and oxygen atoms in total. The zero-order valence-electron chi connectivity index (χ0n) is 13.0. The molecule has 0 aliphatic rings. The molecule has 18 heavy (non-hydrogen) atoms. The molecular weight excluding hydrogens is 347 g/mol. The van der Waals surface area contributed by atoms with Crippen LogP contribution in [-0.4, -0.2) is 42.8 Å². The van der Waals surface area contributed by atoms with E-state index in [1.807, 2.05) is 0 Å². The molecule has 1 heterocycles. The quantitative estimate of drug-likeness (QED) is 0.565. The molecule has 1 aromatic heterocycles. The first-order valence-electron chi connectivity index (χ1n) is 6.72. The van der Waals surface area contributed by atoms with Crippen LogP contribution < -0.4 is 3.71 Å². The number of aryl methyl sites for hydroxylation is 1. The number of rotatable bonds is 6. The summed E-state index contributed by atoms with van der Waals surface area (Å²) < 4.78 is 9.36. The number of hydrogen-bond donors (Lipinski definition) is 0. The second-order valence-electron chi connectivity index (χ2n) is 7.27. The molecule has 0 saturated heterocycles. The van der Waals surface area contributed by atoms with Crippen molar-refractivity contribution in [2.45, 2.75) is 54.2 Å². The summed E-state index contributed by atoms with van der Waals surface area (Å²) in [4.78, 5) is 7.26. The fraction of sp³-hybridized carbons (Fsp3) is 0.769. The molecule has 1 aromatic rings. The molecule has 0 fully saturated rings. The van der Waals surface area contributed by atoms with Crippen molar-refractivity contribution in [1.29, 1.82) is 0 Å². The van der Waals surface area contributed by atoms with Gasteiger partial charge in [-0.15, -0.1) is 0 Å². The Kier molecular flexibility index (Phi) is 5.50. The summed E-state index contributed by atoms with van der Waals surface area (Å²) in [5.41, 5.74) is 1.12. The summed E-state index contributed by atoms with van der Waals surface area (Å²) in [6.07, 6.45) is 0. The average molecular weight is 375 g/mol. The van der Waals surface area contributed by atoms with Gasteiger partial charge in [-0.1, -0.05) is 0 Å². The summed E-state index contributed by atoms with van der Waals surface area (Å²) in [6, 6.07) is 3.47. The average Bonchev–Trinajstić information content (AvgIpc) is 2.52. The first-order valence-corrected chi connectivity index (χ1v) is 20.4. The van der Waals surface area contributed by atoms with Crippen LogP contribution in [0.2, 0.25) is 40.5 Å². The van der Waals surface area contributed by atoms with E-state index >= 15 is 0 Å². The van der Waals surface area contributed by atoms with E-state index in [4.69, 9.17) is 4.74 Å². The Morgan fingerprint density at radius 3 is 2.39 bits per heavy atom. The molecule has 0 N–H and O–H groups in total. The summed E-state index contributed by atoms with van der Waals surface area (Å²) in [5, 5.41) is 4.57. The van der Waals surface area contributed by atoms with E-state index in [1.54, 1.807) is 0 Å². The molecule has 0 bridgehead atoms. The van der Waals surface area contributed by atoms with Crippen molar-refractivity contribution in [3.63, 3.8) is 0 Å². The second kappa shape index (κ2) is 6.09. The van der Waals surface area contributed by atoms with Crippen molar-refractivity contribution in [3.8, 4) is 0 Å². The van der Waals surface area contributed by atoms with E-state index in [1.165, 1.54) is 9.75 Å². The monoisotopic (exact) mass is 376 g/mol. The summed E-state index contributed by atoms with van der Waals surface area (Å²) in [5.74, 6) is 0. The maximum absolute atomic E-state index is 5.81. The molecule has 0 saturated carbocycles. The third-order valence-corrected chi connectivity index (χ3v) is 10.1. The van der Waals surface area contributed by atoms with Gasteiger partial charge >= 0.3 is 117 Å². The van der Waals surface area contributed by atoms with Gasteiger partial charge in [-0.3, -0.25) is 0 Å². The van der Waals surface area contributed by atoms with E-state index in [9.17, 15) is 0 Å². The molecule has 5 heteroatoms. The number of hydrogen-bond acceptors (Lipinski definition) is 2. The fourth-order valence-corrected chi connectivity index (χ4v) is 6.90. The normalized spacial score (nSPS) is 13.1. The van der Waals surface area contributed by atoms with Gasteiger partial charge in [-0.2, -0.15) is 0 Å². The van der Waals surface area contributed by atoms with Crippen molar-refractivity contribution >= 4 is 30.2 Å². The van der Waals surface area contributed by atoms with Crippen molar-refractivity contribution < 1.29 is 4.74 Å². The number of ether oxygens (including phenoxy) is 1. The predicted molar refractivity (Wildman–Crippen MR) is 84.0 cm³/mol. The molecule has 0 unspecified atom stereocenters. The van der Waals surface area contributed by atoms with Crippen LogP contribution >= 0.6 is 0 Å². The van der Waals surface area contributed by atoms with Gasteiger partial charge in [0.2, 0.25) is 0 Å². The van der Waals surface area contributed by atoms with Crippen LogP contribution in [0.5, 0.6) is 0 Å². The van der Waals surface area contributed by atoms with Gasteiger partial charge < -0.3 is 0 Å². The predicted octanol–water partition coefficient (Wildman–Crippen LogP) is 3.05. The first kappa shape index (κ1) is 16.2. The number of aromatic nitrogens is 2. The van der Waals surface area contributed by atoms with Crippen molar-refractivity contribution in [3.05, 3.63) is 11.8 Å². The van der Waals surface area contributed by atoms with E-state index in [-0.39, 0.29) is 0 Å². The molecule has 0 aliphatic heterocycles. The zero-order valence-corrected chi connectivity index (χ0v) is 16.9. The van der Waals surface area contributed by atoms with E-state index in [0.29, 0.717) is 6.73 Å². The summed E-state index contributed by atoms with van der Waals surface area (Å²) in [6.45, 7) is 10.7. The Hall–Kier alpha value is 0.186. The van der Waals surface area contributed by atoms with Gasteiger partial charge in [0.15, 0.2) is 0 Å². The van der Waals surface area contributed by atoms with Crippen molar-refractivity contribution in [2.75, 3.05) is 6.61 Å². The molecule has 104 valence electrons. The van der Waals surface area contributed by atoms with E-state index in [2.05, 4.69) is 57.2 Å². The fourth-order valence-electron chi connectivity index (χ4n) is 1.78. The molecular formula is C13H28N2OSiSn. The Labute approximate surface area is 117 Å².